The van der Waals surface area contributed by atoms with E-state index in [0.29, 0.717) is 5.75 Å². The number of para-hydroxylation sites is 1. The van der Waals surface area contributed by atoms with Crippen molar-refractivity contribution in [3.8, 4) is 5.75 Å². The summed E-state index contributed by atoms with van der Waals surface area (Å²) in [6.07, 6.45) is 1.03. The van der Waals surface area contributed by atoms with Gasteiger partial charge >= 0.3 is 8.60 Å². The molecular weight excluding hydrogens is 227 g/mol. The van der Waals surface area contributed by atoms with Crippen LogP contribution in [0, 0.1) is 0 Å². The molecule has 0 amide bonds. The van der Waals surface area contributed by atoms with Crippen molar-refractivity contribution in [2.24, 2.45) is 0 Å². The van der Waals surface area contributed by atoms with E-state index < -0.39 is 8.60 Å². The summed E-state index contributed by atoms with van der Waals surface area (Å²) < 4.78 is 0. The van der Waals surface area contributed by atoms with Crippen LogP contribution in [0.5, 0.6) is 5.75 Å². The van der Waals surface area contributed by atoms with Gasteiger partial charge < -0.3 is 19.8 Å². The molecule has 1 aromatic rings. The van der Waals surface area contributed by atoms with Gasteiger partial charge in [-0.05, 0) is 23.5 Å². The highest BCUT2D eigenvalue weighted by Crippen LogP contribution is 2.32. The fraction of sp³-hybridized carbons (Fsp3) is 0.455. The lowest BCUT2D eigenvalue weighted by Gasteiger charge is -2.23. The van der Waals surface area contributed by atoms with Gasteiger partial charge in [0.15, 0.2) is 0 Å². The van der Waals surface area contributed by atoms with E-state index in [9.17, 15) is 5.11 Å². The summed E-state index contributed by atoms with van der Waals surface area (Å²) in [6, 6.07) is 7.54. The summed E-state index contributed by atoms with van der Waals surface area (Å²) >= 11 is 0. The summed E-state index contributed by atoms with van der Waals surface area (Å²) in [5, 5.41) is 9.58. The third kappa shape index (κ3) is 5.42. The Morgan fingerprint density at radius 3 is 1.94 bits per heavy atom. The lowest BCUT2D eigenvalue weighted by atomic mass is 9.82. The molecule has 0 aliphatic heterocycles. The number of rotatable bonds is 2. The number of benzene rings is 1. The summed E-state index contributed by atoms with van der Waals surface area (Å²) in [5.41, 5.74) is 1.11. The zero-order valence-electron chi connectivity index (χ0n) is 9.75. The summed E-state index contributed by atoms with van der Waals surface area (Å²) in [7, 11) is -2.62. The van der Waals surface area contributed by atoms with Crippen molar-refractivity contribution in [3.63, 3.8) is 0 Å². The Morgan fingerprint density at radius 2 is 1.56 bits per heavy atom. The van der Waals surface area contributed by atoms with E-state index in [1.807, 2.05) is 18.2 Å². The molecule has 0 saturated heterocycles. The second-order valence-corrected chi connectivity index (χ2v) is 4.56. The van der Waals surface area contributed by atoms with E-state index in [-0.39, 0.29) is 5.41 Å². The van der Waals surface area contributed by atoms with Crippen LogP contribution in [0.25, 0.3) is 0 Å². The molecule has 0 fully saturated rings. The molecule has 0 aliphatic carbocycles. The van der Waals surface area contributed by atoms with Crippen LogP contribution in [0.1, 0.15) is 32.8 Å². The van der Waals surface area contributed by atoms with Crippen molar-refractivity contribution < 1.29 is 19.8 Å². The van der Waals surface area contributed by atoms with E-state index in [4.69, 9.17) is 14.7 Å². The van der Waals surface area contributed by atoms with Crippen LogP contribution in [0.2, 0.25) is 0 Å². The molecule has 0 bridgehead atoms. The Morgan fingerprint density at radius 1 is 1.12 bits per heavy atom. The summed E-state index contributed by atoms with van der Waals surface area (Å²) in [5.74, 6) is 0.407. The second-order valence-electron chi connectivity index (χ2n) is 4.02. The van der Waals surface area contributed by atoms with E-state index in [1.165, 1.54) is 0 Å². The largest absolute Gasteiger partial charge is 0.508 e. The maximum absolute atomic E-state index is 9.58. The minimum Gasteiger partial charge on any atom is -0.508 e. The first kappa shape index (κ1) is 15.3. The third-order valence-corrected chi connectivity index (χ3v) is 2.52. The first-order valence-electron chi connectivity index (χ1n) is 4.96. The average molecular weight is 246 g/mol. The number of hydrogen-bond acceptors (Lipinski definition) is 4. The fourth-order valence-corrected chi connectivity index (χ4v) is 1.24. The Bertz CT molecular complexity index is 310. The van der Waals surface area contributed by atoms with Crippen molar-refractivity contribution in [3.05, 3.63) is 29.8 Å². The van der Waals surface area contributed by atoms with Crippen LogP contribution in [0.4, 0.5) is 0 Å². The third-order valence-electron chi connectivity index (χ3n) is 2.52. The van der Waals surface area contributed by atoms with Gasteiger partial charge in [-0.15, -0.1) is 0 Å². The highest BCUT2D eigenvalue weighted by atomic mass is 31.2. The molecule has 92 valence electrons. The van der Waals surface area contributed by atoms with Gasteiger partial charge in [-0.25, -0.2) is 0 Å². The first-order valence-corrected chi connectivity index (χ1v) is 6.16. The van der Waals surface area contributed by atoms with Crippen LogP contribution >= 0.6 is 8.60 Å². The molecule has 0 spiro atoms. The second kappa shape index (κ2) is 6.81. The van der Waals surface area contributed by atoms with E-state index >= 15 is 0 Å². The summed E-state index contributed by atoms with van der Waals surface area (Å²) in [6.45, 7) is 6.41. The quantitative estimate of drug-likeness (QED) is 0.603. The number of phenolic OH excluding ortho intramolecular Hbond substituents is 1. The van der Waals surface area contributed by atoms with Crippen LogP contribution in [-0.2, 0) is 5.41 Å². The van der Waals surface area contributed by atoms with Crippen molar-refractivity contribution in [2.75, 3.05) is 0 Å². The molecule has 1 aromatic carbocycles. The van der Waals surface area contributed by atoms with Crippen LogP contribution in [-0.4, -0.2) is 19.8 Å². The van der Waals surface area contributed by atoms with Crippen molar-refractivity contribution in [2.45, 2.75) is 32.6 Å². The first-order chi connectivity index (χ1) is 7.31. The molecule has 0 atom stereocenters. The number of hydrogen-bond donors (Lipinski definition) is 4. The smallest absolute Gasteiger partial charge is 0.324 e. The monoisotopic (exact) mass is 246 g/mol. The zero-order valence-corrected chi connectivity index (χ0v) is 10.6. The molecule has 16 heavy (non-hydrogen) atoms. The van der Waals surface area contributed by atoms with Crippen molar-refractivity contribution in [1.82, 2.24) is 0 Å². The van der Waals surface area contributed by atoms with E-state index in [0.717, 1.165) is 12.0 Å². The summed E-state index contributed by atoms with van der Waals surface area (Å²) in [4.78, 5) is 21.7. The maximum atomic E-state index is 9.58. The highest BCUT2D eigenvalue weighted by molar-refractivity contribution is 7.38. The molecule has 0 aliphatic rings. The minimum absolute atomic E-state index is 0.0747. The van der Waals surface area contributed by atoms with Gasteiger partial charge in [-0.2, -0.15) is 0 Å². The number of phenols is 1. The van der Waals surface area contributed by atoms with Gasteiger partial charge in [0.05, 0.1) is 0 Å². The van der Waals surface area contributed by atoms with Crippen LogP contribution in [0.15, 0.2) is 24.3 Å². The molecule has 0 unspecified atom stereocenters. The predicted molar refractivity (Wildman–Crippen MR) is 65.0 cm³/mol. The molecule has 0 heterocycles. The molecule has 5 heteroatoms. The van der Waals surface area contributed by atoms with Gasteiger partial charge in [-0.3, -0.25) is 0 Å². The highest BCUT2D eigenvalue weighted by Gasteiger charge is 2.20. The Kier molecular flexibility index (Phi) is 6.53. The van der Waals surface area contributed by atoms with Gasteiger partial charge in [0, 0.05) is 0 Å². The average Bonchev–Trinajstić information content (AvgIpc) is 2.17. The lowest BCUT2D eigenvalue weighted by molar-refractivity contribution is 0.368. The molecule has 0 saturated carbocycles. The molecule has 1 rings (SSSR count). The van der Waals surface area contributed by atoms with Crippen molar-refractivity contribution in [1.29, 1.82) is 0 Å². The fourth-order valence-electron chi connectivity index (χ4n) is 1.24. The topological polar surface area (TPSA) is 80.9 Å². The minimum atomic E-state index is -2.62. The van der Waals surface area contributed by atoms with Crippen LogP contribution in [0.3, 0.4) is 0 Å². The maximum Gasteiger partial charge on any atom is 0.324 e. The van der Waals surface area contributed by atoms with E-state index in [1.54, 1.807) is 6.07 Å². The zero-order chi connectivity index (χ0) is 12.8. The Labute approximate surface area is 97.2 Å². The van der Waals surface area contributed by atoms with Gasteiger partial charge in [0.1, 0.15) is 5.75 Å². The normalized spacial score (nSPS) is 10.9. The Balaban J connectivity index is 0.000000487. The molecule has 0 radical (unpaired) electrons. The van der Waals surface area contributed by atoms with Gasteiger partial charge in [0.25, 0.3) is 0 Å². The molecule has 4 nitrogen and oxygen atoms in total. The predicted octanol–water partition coefficient (Wildman–Crippen LogP) is 2.27. The van der Waals surface area contributed by atoms with E-state index in [2.05, 4.69) is 20.8 Å². The van der Waals surface area contributed by atoms with Crippen LogP contribution < -0.4 is 0 Å². The standard InChI is InChI=1S/C11H16O.H3O3P/c1-4-11(2,3)9-7-5-6-8-10(9)12;1-4(2)3/h5-8,12H,4H2,1-3H3;1-3H. The molecule has 4 N–H and O–H groups in total. The van der Waals surface area contributed by atoms with Gasteiger partial charge in [0.2, 0.25) is 0 Å². The number of aromatic hydroxyl groups is 1. The SMILES string of the molecule is CCC(C)(C)c1ccccc1O.OP(O)O. The Hall–Kier alpha value is -0.670. The molecular formula is C11H19O4P. The lowest BCUT2D eigenvalue weighted by Crippen LogP contribution is -2.15. The van der Waals surface area contributed by atoms with Gasteiger partial charge in [-0.1, -0.05) is 39.0 Å². The molecule has 0 aromatic heterocycles. The van der Waals surface area contributed by atoms with Crippen molar-refractivity contribution >= 4 is 8.60 Å².